The number of ether oxygens (including phenoxy) is 2. The van der Waals surface area contributed by atoms with E-state index in [1.165, 1.54) is 19.4 Å². The minimum absolute atomic E-state index is 0.253. The molecule has 1 saturated carbocycles. The van der Waals surface area contributed by atoms with E-state index in [1.54, 1.807) is 18.2 Å². The maximum absolute atomic E-state index is 13.2. The number of carbonyl (C=O) groups excluding carboxylic acids is 1. The van der Waals surface area contributed by atoms with Crippen molar-refractivity contribution in [2.24, 2.45) is 23.7 Å². The second-order valence-corrected chi connectivity index (χ2v) is 8.15. The largest absolute Gasteiger partial charge is 0.481 e. The molecule has 2 aliphatic heterocycles. The molecule has 1 amide bonds. The van der Waals surface area contributed by atoms with Crippen molar-refractivity contribution in [1.29, 1.82) is 0 Å². The molecule has 7 atom stereocenters. The number of rotatable bonds is 4. The topological polar surface area (TPSA) is 73.3 Å². The Morgan fingerprint density at radius 2 is 1.93 bits per heavy atom. The summed E-state index contributed by atoms with van der Waals surface area (Å²) in [6, 6.07) is 7.13. The zero-order valence-corrected chi connectivity index (χ0v) is 16.3. The second-order valence-electron chi connectivity index (χ2n) is 8.15. The zero-order chi connectivity index (χ0) is 21.2. The average Bonchev–Trinajstić information content (AvgIpc) is 3.09. The van der Waals surface area contributed by atoms with Gasteiger partial charge in [-0.25, -0.2) is 9.97 Å². The third-order valence-corrected chi connectivity index (χ3v) is 6.60. The number of methoxy groups -OCH3 is 1. The number of aromatic nitrogens is 2. The number of nitrogens with one attached hydrogen (secondary N) is 1. The average molecular weight is 419 g/mol. The van der Waals surface area contributed by atoms with Crippen LogP contribution in [0.25, 0.3) is 0 Å². The second kappa shape index (κ2) is 6.66. The highest BCUT2D eigenvalue weighted by Crippen LogP contribution is 2.68. The van der Waals surface area contributed by atoms with Crippen LogP contribution >= 0.6 is 0 Å². The number of anilines is 1. The summed E-state index contributed by atoms with van der Waals surface area (Å²) in [6.07, 6.45) is -3.68. The molecule has 9 heteroatoms. The molecule has 0 radical (unpaired) electrons. The van der Waals surface area contributed by atoms with Gasteiger partial charge >= 0.3 is 6.18 Å². The zero-order valence-electron chi connectivity index (χ0n) is 16.3. The van der Waals surface area contributed by atoms with Crippen molar-refractivity contribution in [3.63, 3.8) is 0 Å². The molecule has 0 spiro atoms. The van der Waals surface area contributed by atoms with Gasteiger partial charge in [0.05, 0.1) is 37.1 Å². The normalized spacial score (nSPS) is 33.8. The van der Waals surface area contributed by atoms with Gasteiger partial charge in [0.1, 0.15) is 5.69 Å². The summed E-state index contributed by atoms with van der Waals surface area (Å²) in [5, 5.41) is 2.83. The number of pyridine rings is 2. The molecule has 4 heterocycles. The Morgan fingerprint density at radius 1 is 1.17 bits per heavy atom. The lowest BCUT2D eigenvalue weighted by molar-refractivity contribution is -0.141. The molecule has 2 bridgehead atoms. The van der Waals surface area contributed by atoms with Crippen LogP contribution in [0.3, 0.4) is 0 Å². The van der Waals surface area contributed by atoms with Crippen LogP contribution in [0.15, 0.2) is 36.5 Å². The minimum atomic E-state index is -4.55. The van der Waals surface area contributed by atoms with Crippen LogP contribution in [0.5, 0.6) is 5.88 Å². The number of hydrogen-bond donors (Lipinski definition) is 1. The van der Waals surface area contributed by atoms with E-state index < -0.39 is 23.7 Å². The molecular formula is C21H20F3N3O3. The highest BCUT2D eigenvalue weighted by molar-refractivity contribution is 5.94. The fourth-order valence-corrected chi connectivity index (χ4v) is 5.24. The Hall–Kier alpha value is -2.68. The molecule has 158 valence electrons. The van der Waals surface area contributed by atoms with Crippen LogP contribution in [0.2, 0.25) is 0 Å². The van der Waals surface area contributed by atoms with E-state index in [-0.39, 0.29) is 35.6 Å². The number of carbonyl (C=O) groups is 1. The summed E-state index contributed by atoms with van der Waals surface area (Å²) in [5.41, 5.74) is -0.218. The predicted octanol–water partition coefficient (Wildman–Crippen LogP) is 3.51. The fourth-order valence-electron chi connectivity index (χ4n) is 5.24. The third-order valence-electron chi connectivity index (χ3n) is 6.60. The van der Waals surface area contributed by atoms with Crippen molar-refractivity contribution in [2.45, 2.75) is 31.2 Å². The van der Waals surface area contributed by atoms with E-state index in [1.807, 2.05) is 0 Å². The molecule has 3 unspecified atom stereocenters. The van der Waals surface area contributed by atoms with E-state index in [4.69, 9.17) is 9.47 Å². The Bertz CT molecular complexity index is 981. The maximum atomic E-state index is 13.2. The summed E-state index contributed by atoms with van der Waals surface area (Å²) in [7, 11) is 1.49. The molecule has 5 rings (SSSR count). The first-order valence-electron chi connectivity index (χ1n) is 9.80. The highest BCUT2D eigenvalue weighted by Gasteiger charge is 2.72. The Kier molecular flexibility index (Phi) is 4.29. The quantitative estimate of drug-likeness (QED) is 0.821. The molecule has 2 aromatic rings. The summed E-state index contributed by atoms with van der Waals surface area (Å²) >= 11 is 0. The number of nitrogens with zero attached hydrogens (tertiary/aromatic N) is 2. The van der Waals surface area contributed by atoms with Gasteiger partial charge in [0.15, 0.2) is 0 Å². The van der Waals surface area contributed by atoms with Gasteiger partial charge in [-0.15, -0.1) is 0 Å². The molecule has 2 aromatic heterocycles. The van der Waals surface area contributed by atoms with E-state index in [2.05, 4.69) is 22.2 Å². The van der Waals surface area contributed by atoms with Gasteiger partial charge in [-0.3, -0.25) is 4.79 Å². The lowest BCUT2D eigenvalue weighted by Crippen LogP contribution is -2.37. The molecular weight excluding hydrogens is 399 g/mol. The lowest BCUT2D eigenvalue weighted by atomic mass is 9.76. The molecule has 1 aliphatic carbocycles. The number of alkyl halides is 3. The first kappa shape index (κ1) is 19.3. The van der Waals surface area contributed by atoms with Crippen LogP contribution in [0.4, 0.5) is 18.9 Å². The molecule has 6 nitrogen and oxygen atoms in total. The van der Waals surface area contributed by atoms with Gasteiger partial charge in [0.25, 0.3) is 0 Å². The maximum Gasteiger partial charge on any atom is 0.433 e. The smallest absolute Gasteiger partial charge is 0.433 e. The number of halogens is 3. The summed E-state index contributed by atoms with van der Waals surface area (Å²) < 4.78 is 50.7. The molecule has 3 fully saturated rings. The van der Waals surface area contributed by atoms with Gasteiger partial charge in [-0.1, -0.05) is 13.0 Å². The van der Waals surface area contributed by atoms with Crippen LogP contribution in [0, 0.1) is 23.7 Å². The standard InChI is InChI=1S/C21H20F3N3O3/c1-9-14-15(9)19-17(20(28)26-10-6-7-13(29-2)25-8-10)16(18(14)30-19)11-4-3-5-12(27-11)21(22,23)24/h3-9,14-19H,1-2H3,(H,26,28)/t9?,14?,15?,16-,17+,18+,19-/m1/s1. The van der Waals surface area contributed by atoms with Crippen LogP contribution < -0.4 is 10.1 Å². The minimum Gasteiger partial charge on any atom is -0.481 e. The van der Waals surface area contributed by atoms with Crippen molar-refractivity contribution in [3.05, 3.63) is 47.9 Å². The number of fused-ring (bicyclic) bond motifs is 5. The van der Waals surface area contributed by atoms with Crippen LogP contribution in [-0.2, 0) is 15.7 Å². The summed E-state index contributed by atoms with van der Waals surface area (Å²) in [5.74, 6) is -0.0884. The van der Waals surface area contributed by atoms with E-state index in [0.717, 1.165) is 6.07 Å². The van der Waals surface area contributed by atoms with Gasteiger partial charge in [-0.05, 0) is 36.0 Å². The first-order chi connectivity index (χ1) is 14.3. The van der Waals surface area contributed by atoms with Gasteiger partial charge in [-0.2, -0.15) is 13.2 Å². The summed E-state index contributed by atoms with van der Waals surface area (Å²) in [4.78, 5) is 21.1. The number of amides is 1. The molecule has 30 heavy (non-hydrogen) atoms. The predicted molar refractivity (Wildman–Crippen MR) is 99.7 cm³/mol. The van der Waals surface area contributed by atoms with E-state index >= 15 is 0 Å². The molecule has 0 aromatic carbocycles. The van der Waals surface area contributed by atoms with Gasteiger partial charge in [0, 0.05) is 17.7 Å². The fraction of sp³-hybridized carbons (Fsp3) is 0.476. The Morgan fingerprint density at radius 3 is 2.60 bits per heavy atom. The van der Waals surface area contributed by atoms with Gasteiger partial charge < -0.3 is 14.8 Å². The van der Waals surface area contributed by atoms with E-state index in [9.17, 15) is 18.0 Å². The van der Waals surface area contributed by atoms with Gasteiger partial charge in [0.2, 0.25) is 11.8 Å². The highest BCUT2D eigenvalue weighted by atomic mass is 19.4. The first-order valence-corrected chi connectivity index (χ1v) is 9.80. The van der Waals surface area contributed by atoms with Crippen molar-refractivity contribution in [2.75, 3.05) is 12.4 Å². The van der Waals surface area contributed by atoms with Crippen molar-refractivity contribution >= 4 is 11.6 Å². The third kappa shape index (κ3) is 2.94. The molecule has 1 N–H and O–H groups in total. The SMILES string of the molecule is COc1ccc(NC(=O)[C@H]2[C@@H](c3cccc(C(F)(F)F)n3)[C@H]3O[C@@H]2C2C(C)C23)cn1. The molecule has 3 aliphatic rings. The summed E-state index contributed by atoms with van der Waals surface area (Å²) in [6.45, 7) is 2.10. The lowest BCUT2D eigenvalue weighted by Gasteiger charge is -2.26. The number of hydrogen-bond acceptors (Lipinski definition) is 5. The monoisotopic (exact) mass is 419 g/mol. The van der Waals surface area contributed by atoms with Crippen molar-refractivity contribution < 1.29 is 27.4 Å². The van der Waals surface area contributed by atoms with Crippen molar-refractivity contribution in [1.82, 2.24) is 9.97 Å². The van der Waals surface area contributed by atoms with Crippen LogP contribution in [0.1, 0.15) is 24.2 Å². The van der Waals surface area contributed by atoms with Crippen molar-refractivity contribution in [3.8, 4) is 5.88 Å². The Balaban J connectivity index is 1.45. The van der Waals surface area contributed by atoms with E-state index in [0.29, 0.717) is 17.5 Å². The van der Waals surface area contributed by atoms with Crippen LogP contribution in [-0.4, -0.2) is 35.2 Å². The molecule has 2 saturated heterocycles. The Labute approximate surface area is 170 Å².